The molecule has 12 heteroatoms. The van der Waals surface area contributed by atoms with Gasteiger partial charge < -0.3 is 25.2 Å². The van der Waals surface area contributed by atoms with E-state index in [1.165, 1.54) is 17.5 Å². The monoisotopic (exact) mass is 663 g/mol. The quantitative estimate of drug-likeness (QED) is 0.349. The van der Waals surface area contributed by atoms with Crippen molar-refractivity contribution in [1.82, 2.24) is 29.5 Å². The molecule has 3 aromatic rings. The maximum absolute atomic E-state index is 14.0. The first-order chi connectivity index (χ1) is 22.7. The molecule has 11 nitrogen and oxygen atoms in total. The number of piperidine rings is 3. The summed E-state index contributed by atoms with van der Waals surface area (Å²) in [5.41, 5.74) is 8.76. The molecule has 0 spiro atoms. The van der Waals surface area contributed by atoms with Crippen LogP contribution < -0.4 is 11.4 Å². The van der Waals surface area contributed by atoms with Gasteiger partial charge in [0.1, 0.15) is 0 Å². The Kier molecular flexibility index (Phi) is 10.2. The van der Waals surface area contributed by atoms with E-state index in [1.54, 1.807) is 11.0 Å². The lowest BCUT2D eigenvalue weighted by Gasteiger charge is -2.40. The maximum atomic E-state index is 14.0. The Bertz CT molecular complexity index is 1580. The molecule has 3 aliphatic rings. The molecule has 4 heterocycles. The summed E-state index contributed by atoms with van der Waals surface area (Å²) in [6.07, 6.45) is 4.16. The highest BCUT2D eigenvalue weighted by Crippen LogP contribution is 2.33. The van der Waals surface area contributed by atoms with Gasteiger partial charge in [0, 0.05) is 38.2 Å². The van der Waals surface area contributed by atoms with E-state index < -0.39 is 12.2 Å². The number of aromatic nitrogens is 3. The molecule has 3 saturated heterocycles. The van der Waals surface area contributed by atoms with Crippen LogP contribution in [0.3, 0.4) is 0 Å². The van der Waals surface area contributed by atoms with Crippen LogP contribution >= 0.6 is 11.6 Å². The van der Waals surface area contributed by atoms with Crippen LogP contribution in [0.1, 0.15) is 55.7 Å². The Morgan fingerprint density at radius 3 is 2.21 bits per heavy atom. The lowest BCUT2D eigenvalue weighted by molar-refractivity contribution is -0.142. The van der Waals surface area contributed by atoms with Crippen LogP contribution in [0.2, 0.25) is 5.02 Å². The third kappa shape index (κ3) is 7.67. The number of anilines is 1. The van der Waals surface area contributed by atoms with Crippen molar-refractivity contribution in [2.75, 3.05) is 52.0 Å². The number of nitrogen functional groups attached to an aromatic ring is 1. The Morgan fingerprint density at radius 2 is 1.57 bits per heavy atom. The number of halogens is 1. The predicted octanol–water partition coefficient (Wildman–Crippen LogP) is 4.75. The number of hydrogen-bond donors (Lipinski definition) is 2. The van der Waals surface area contributed by atoms with Gasteiger partial charge in [0.25, 0.3) is 5.91 Å². The molecule has 0 unspecified atom stereocenters. The number of H-pyrrole nitrogens is 1. The number of aryl methyl sites for hydroxylation is 1. The number of hydrogen-bond acceptors (Lipinski definition) is 7. The van der Waals surface area contributed by atoms with Gasteiger partial charge in [-0.05, 0) is 94.6 Å². The van der Waals surface area contributed by atoms with Gasteiger partial charge in [-0.1, -0.05) is 48.0 Å². The van der Waals surface area contributed by atoms with Gasteiger partial charge in [-0.25, -0.2) is 14.3 Å². The van der Waals surface area contributed by atoms with Crippen LogP contribution in [0, 0.1) is 18.8 Å². The second kappa shape index (κ2) is 14.5. The smallest absolute Gasteiger partial charge is 0.410 e. The number of nitrogens with zero attached hydrogens (tertiary/aromatic N) is 5. The largest absolute Gasteiger partial charge is 0.436 e. The number of benzene rings is 2. The van der Waals surface area contributed by atoms with Gasteiger partial charge in [-0.2, -0.15) is 0 Å². The second-order valence-electron chi connectivity index (χ2n) is 13.5. The van der Waals surface area contributed by atoms with Gasteiger partial charge in [0.2, 0.25) is 0 Å². The zero-order valence-electron chi connectivity index (χ0n) is 27.4. The minimum Gasteiger partial charge on any atom is -0.436 e. The van der Waals surface area contributed by atoms with Crippen LogP contribution in [0.4, 0.5) is 10.5 Å². The highest BCUT2D eigenvalue weighted by Gasteiger charge is 2.36. The van der Waals surface area contributed by atoms with Crippen LogP contribution in [-0.4, -0.2) is 93.9 Å². The lowest BCUT2D eigenvalue weighted by Crippen LogP contribution is -2.49. The summed E-state index contributed by atoms with van der Waals surface area (Å²) in [6.45, 7) is 6.25. The molecule has 3 fully saturated rings. The summed E-state index contributed by atoms with van der Waals surface area (Å²) >= 11 is 6.40. The Labute approximate surface area is 281 Å². The van der Waals surface area contributed by atoms with Crippen molar-refractivity contribution in [2.45, 2.75) is 64.0 Å². The Balaban J connectivity index is 1.10. The van der Waals surface area contributed by atoms with E-state index in [0.29, 0.717) is 67.4 Å². The van der Waals surface area contributed by atoms with Gasteiger partial charge in [0.15, 0.2) is 11.9 Å². The minimum atomic E-state index is -0.985. The first kappa shape index (κ1) is 33.1. The van der Waals surface area contributed by atoms with E-state index in [0.717, 1.165) is 42.6 Å². The highest BCUT2D eigenvalue weighted by atomic mass is 35.5. The van der Waals surface area contributed by atoms with Crippen molar-refractivity contribution in [3.8, 4) is 11.4 Å². The number of aromatic amines is 1. The maximum Gasteiger partial charge on any atom is 0.410 e. The van der Waals surface area contributed by atoms with Crippen LogP contribution in [0.15, 0.2) is 47.3 Å². The standard InChI is InChI=1S/C35H46ClN7O4/c1-23-20-24(21-29(36)31(23)37)22-30(33(44)41-16-10-26(11-17-41)25-8-14-40(2)15-9-25)47-35(46)42-18-12-28(13-19-42)43-34(45)38-32(39-43)27-6-4-3-5-7-27/h3-7,20-21,25-26,28,30H,8-19,22,37H2,1-2H3,(H,38,39,45)/t30-/m1/s1. The molecular formula is C35H46ClN7O4. The number of carbonyl (C=O) groups excluding carboxylic acids is 2. The van der Waals surface area contributed by atoms with E-state index in [-0.39, 0.29) is 24.1 Å². The van der Waals surface area contributed by atoms with Crippen molar-refractivity contribution in [2.24, 2.45) is 11.8 Å². The molecule has 0 saturated carbocycles. The summed E-state index contributed by atoms with van der Waals surface area (Å²) in [4.78, 5) is 49.0. The fourth-order valence-electron chi connectivity index (χ4n) is 7.43. The first-order valence-electron chi connectivity index (χ1n) is 16.9. The van der Waals surface area contributed by atoms with Crippen molar-refractivity contribution < 1.29 is 14.3 Å². The zero-order chi connectivity index (χ0) is 33.1. The summed E-state index contributed by atoms with van der Waals surface area (Å²) < 4.78 is 7.51. The molecule has 0 aliphatic carbocycles. The second-order valence-corrected chi connectivity index (χ2v) is 13.9. The lowest BCUT2D eigenvalue weighted by atomic mass is 9.79. The minimum absolute atomic E-state index is 0.150. The molecule has 1 atom stereocenters. The highest BCUT2D eigenvalue weighted by molar-refractivity contribution is 6.33. The normalized spacial score (nSPS) is 19.6. The summed E-state index contributed by atoms with van der Waals surface area (Å²) in [7, 11) is 2.18. The third-order valence-electron chi connectivity index (χ3n) is 10.4. The molecular weight excluding hydrogens is 618 g/mol. The average molecular weight is 664 g/mol. The molecule has 3 N–H and O–H groups in total. The number of carbonyl (C=O) groups is 2. The van der Waals surface area contributed by atoms with Crippen LogP contribution in [0.5, 0.6) is 0 Å². The van der Waals surface area contributed by atoms with Crippen molar-refractivity contribution in [1.29, 1.82) is 0 Å². The van der Waals surface area contributed by atoms with Gasteiger partial charge >= 0.3 is 11.8 Å². The molecule has 0 radical (unpaired) electrons. The fourth-order valence-corrected chi connectivity index (χ4v) is 7.72. The van der Waals surface area contributed by atoms with Gasteiger partial charge in [-0.3, -0.25) is 9.78 Å². The first-order valence-corrected chi connectivity index (χ1v) is 17.3. The van der Waals surface area contributed by atoms with Crippen LogP contribution in [-0.2, 0) is 16.0 Å². The zero-order valence-corrected chi connectivity index (χ0v) is 28.1. The SMILES string of the molecule is Cc1cc(C[C@@H](OC(=O)N2CCC(n3nc(-c4ccccc4)[nH]c3=O)CC2)C(=O)N2CCC(C3CCN(C)CC3)CC2)cc(Cl)c1N. The Hall–Kier alpha value is -3.83. The number of nitrogens with two attached hydrogens (primary N) is 1. The molecule has 0 bridgehead atoms. The summed E-state index contributed by atoms with van der Waals surface area (Å²) in [5, 5.41) is 4.96. The molecule has 6 rings (SSSR count). The van der Waals surface area contributed by atoms with Crippen LogP contribution in [0.25, 0.3) is 11.4 Å². The number of nitrogens with one attached hydrogen (secondary N) is 1. The average Bonchev–Trinajstić information content (AvgIpc) is 3.48. The van der Waals surface area contributed by atoms with Gasteiger partial charge in [-0.15, -0.1) is 5.10 Å². The molecule has 3 aliphatic heterocycles. The van der Waals surface area contributed by atoms with Crippen molar-refractivity contribution in [3.63, 3.8) is 0 Å². The topological polar surface area (TPSA) is 130 Å². The number of ether oxygens (including phenoxy) is 1. The molecule has 2 aromatic carbocycles. The summed E-state index contributed by atoms with van der Waals surface area (Å²) in [5.74, 6) is 1.69. The fraction of sp³-hybridized carbons (Fsp3) is 0.543. The van der Waals surface area contributed by atoms with E-state index in [2.05, 4.69) is 22.0 Å². The van der Waals surface area contributed by atoms with Crippen molar-refractivity contribution >= 4 is 29.3 Å². The number of amides is 2. The van der Waals surface area contributed by atoms with E-state index in [1.807, 2.05) is 48.2 Å². The number of rotatable bonds is 7. The number of likely N-dealkylation sites (tertiary alicyclic amines) is 3. The predicted molar refractivity (Wildman–Crippen MR) is 182 cm³/mol. The molecule has 47 heavy (non-hydrogen) atoms. The third-order valence-corrected chi connectivity index (χ3v) is 10.7. The Morgan fingerprint density at radius 1 is 0.957 bits per heavy atom. The van der Waals surface area contributed by atoms with E-state index >= 15 is 0 Å². The summed E-state index contributed by atoms with van der Waals surface area (Å²) in [6, 6.07) is 13.0. The molecule has 2 amide bonds. The van der Waals surface area contributed by atoms with Gasteiger partial charge in [0.05, 0.1) is 16.8 Å². The van der Waals surface area contributed by atoms with E-state index in [9.17, 15) is 14.4 Å². The van der Waals surface area contributed by atoms with Crippen molar-refractivity contribution in [3.05, 3.63) is 69.1 Å². The van der Waals surface area contributed by atoms with E-state index in [4.69, 9.17) is 22.1 Å². The molecule has 1 aromatic heterocycles. The molecule has 252 valence electrons.